The van der Waals surface area contributed by atoms with Gasteiger partial charge < -0.3 is 0 Å². The van der Waals surface area contributed by atoms with Gasteiger partial charge in [0.2, 0.25) is 0 Å². The third kappa shape index (κ3) is 2.84. The average Bonchev–Trinajstić information content (AvgIpc) is 2.61. The molecule has 1 aliphatic rings. The molecule has 0 saturated heterocycles. The fraction of sp³-hybridized carbons (Fsp3) is 0.273. The number of rotatable bonds is 1. The summed E-state index contributed by atoms with van der Waals surface area (Å²) >= 11 is 0. The summed E-state index contributed by atoms with van der Waals surface area (Å²) in [6, 6.07) is 16.5. The Hall–Kier alpha value is -2.48. The first-order valence-electron chi connectivity index (χ1n) is 8.40. The highest BCUT2D eigenvalue weighted by Gasteiger charge is 2.26. The van der Waals surface area contributed by atoms with E-state index in [0.717, 1.165) is 28.8 Å². The van der Waals surface area contributed by atoms with E-state index in [2.05, 4.69) is 51.1 Å². The van der Waals surface area contributed by atoms with Crippen molar-refractivity contribution in [2.24, 2.45) is 4.99 Å². The minimum Gasteiger partial charge on any atom is -0.300 e. The summed E-state index contributed by atoms with van der Waals surface area (Å²) in [6.45, 7) is 8.55. The lowest BCUT2D eigenvalue weighted by atomic mass is 9.78. The topological polar surface area (TPSA) is 36.2 Å². The first-order chi connectivity index (χ1) is 11.4. The fourth-order valence-corrected chi connectivity index (χ4v) is 3.29. The van der Waals surface area contributed by atoms with Crippen LogP contribution in [0.3, 0.4) is 0 Å². The molecule has 0 atom stereocenters. The molecule has 0 saturated carbocycles. The Morgan fingerprint density at radius 2 is 1.54 bits per heavy atom. The van der Waals surface area contributed by atoms with Crippen molar-refractivity contribution in [3.05, 3.63) is 76.4 Å². The Morgan fingerprint density at radius 3 is 2.25 bits per heavy atom. The number of aryl methyl sites for hydroxylation is 1. The van der Waals surface area contributed by atoms with Gasteiger partial charge in [-0.15, -0.1) is 0 Å². The Kier molecular flexibility index (Phi) is 4.23. The van der Waals surface area contributed by atoms with Crippen LogP contribution in [0.4, 0.5) is 0 Å². The smallest absolute Gasteiger partial charge is 0.0751 e. The van der Waals surface area contributed by atoms with Crippen LogP contribution in [-0.2, 0) is 5.41 Å². The van der Waals surface area contributed by atoms with Crippen molar-refractivity contribution < 1.29 is 0 Å². The molecule has 24 heavy (non-hydrogen) atoms. The molecule has 2 aromatic carbocycles. The van der Waals surface area contributed by atoms with E-state index >= 15 is 0 Å². The summed E-state index contributed by atoms with van der Waals surface area (Å²) in [4.78, 5) is 4.80. The molecule has 2 heteroatoms. The van der Waals surface area contributed by atoms with Crippen LogP contribution in [0, 0.1) is 12.3 Å². The molecule has 0 amide bonds. The molecule has 0 aromatic heterocycles. The summed E-state index contributed by atoms with van der Waals surface area (Å²) in [5.41, 5.74) is 6.86. The molecule has 2 aromatic rings. The molecule has 0 unspecified atom stereocenters. The van der Waals surface area contributed by atoms with E-state index in [9.17, 15) is 0 Å². The second kappa shape index (κ2) is 6.20. The van der Waals surface area contributed by atoms with Crippen molar-refractivity contribution in [2.75, 3.05) is 0 Å². The Labute approximate surface area is 144 Å². The van der Waals surface area contributed by atoms with Gasteiger partial charge in [0.1, 0.15) is 0 Å². The monoisotopic (exact) mass is 316 g/mol. The Morgan fingerprint density at radius 1 is 0.917 bits per heavy atom. The van der Waals surface area contributed by atoms with E-state index in [0.29, 0.717) is 5.71 Å². The van der Waals surface area contributed by atoms with Gasteiger partial charge in [-0.2, -0.15) is 0 Å². The zero-order valence-corrected chi connectivity index (χ0v) is 14.9. The molecule has 0 bridgehead atoms. The number of hydrogen-bond acceptors (Lipinski definition) is 2. The number of nitrogens with zero attached hydrogens (tertiary/aromatic N) is 1. The van der Waals surface area contributed by atoms with E-state index < -0.39 is 0 Å². The maximum Gasteiger partial charge on any atom is 0.0751 e. The van der Waals surface area contributed by atoms with Crippen LogP contribution in [-0.4, -0.2) is 11.9 Å². The third-order valence-corrected chi connectivity index (χ3v) is 4.88. The van der Waals surface area contributed by atoms with Crippen molar-refractivity contribution >= 4 is 17.6 Å². The normalized spacial score (nSPS) is 20.1. The fourth-order valence-electron chi connectivity index (χ4n) is 3.29. The molecule has 0 radical (unpaired) electrons. The molecule has 2 nitrogen and oxygen atoms in total. The van der Waals surface area contributed by atoms with Gasteiger partial charge >= 0.3 is 0 Å². The van der Waals surface area contributed by atoms with E-state index in [1.54, 1.807) is 0 Å². The van der Waals surface area contributed by atoms with E-state index in [4.69, 9.17) is 10.4 Å². The minimum absolute atomic E-state index is 0.0478. The zero-order valence-electron chi connectivity index (χ0n) is 14.9. The van der Waals surface area contributed by atoms with Crippen LogP contribution in [0.25, 0.3) is 5.70 Å². The molecule has 1 aliphatic heterocycles. The van der Waals surface area contributed by atoms with Crippen LogP contribution in [0.15, 0.2) is 59.1 Å². The lowest BCUT2D eigenvalue weighted by molar-refractivity contribution is 0.553. The third-order valence-electron chi connectivity index (χ3n) is 4.88. The second-order valence-corrected chi connectivity index (χ2v) is 7.11. The van der Waals surface area contributed by atoms with Crippen LogP contribution >= 0.6 is 0 Å². The molecule has 0 spiro atoms. The standard InChI is InChI=1S/C22H24N2/c1-15-9-5-6-10-17(15)21-16(2)20(23)18-11-7-8-12-19(18)22(3,4)13-14-24-21/h5-12,14,23H,13H2,1-4H3/b21-16-,23-20?,24-14?. The molecule has 1 heterocycles. The number of nitrogens with one attached hydrogen (secondary N) is 1. The molecule has 0 aliphatic carbocycles. The molecule has 3 rings (SSSR count). The summed E-state index contributed by atoms with van der Waals surface area (Å²) < 4.78 is 0. The number of allylic oxidation sites excluding steroid dienone is 1. The molecule has 1 N–H and O–H groups in total. The van der Waals surface area contributed by atoms with E-state index in [-0.39, 0.29) is 5.41 Å². The summed E-state index contributed by atoms with van der Waals surface area (Å²) in [5.74, 6) is 0. The maximum absolute atomic E-state index is 8.81. The second-order valence-electron chi connectivity index (χ2n) is 7.11. The van der Waals surface area contributed by atoms with Crippen molar-refractivity contribution in [1.82, 2.24) is 0 Å². The van der Waals surface area contributed by atoms with E-state index in [1.807, 2.05) is 31.3 Å². The van der Waals surface area contributed by atoms with Gasteiger partial charge in [0.25, 0.3) is 0 Å². The van der Waals surface area contributed by atoms with Crippen molar-refractivity contribution in [2.45, 2.75) is 39.5 Å². The van der Waals surface area contributed by atoms with Crippen LogP contribution in [0.2, 0.25) is 0 Å². The quantitative estimate of drug-likeness (QED) is 0.716. The highest BCUT2D eigenvalue weighted by Crippen LogP contribution is 2.34. The highest BCUT2D eigenvalue weighted by atomic mass is 14.7. The predicted octanol–water partition coefficient (Wildman–Crippen LogP) is 5.55. The summed E-state index contributed by atoms with van der Waals surface area (Å²) in [5, 5.41) is 8.81. The molecular formula is C22H24N2. The van der Waals surface area contributed by atoms with Crippen molar-refractivity contribution in [3.8, 4) is 0 Å². The Bertz CT molecular complexity index is 854. The van der Waals surface area contributed by atoms with Gasteiger partial charge in [-0.05, 0) is 36.8 Å². The predicted molar refractivity (Wildman–Crippen MR) is 103 cm³/mol. The lowest BCUT2D eigenvalue weighted by Gasteiger charge is -2.26. The minimum atomic E-state index is -0.0478. The van der Waals surface area contributed by atoms with Crippen LogP contribution in [0.5, 0.6) is 0 Å². The van der Waals surface area contributed by atoms with Gasteiger partial charge in [-0.3, -0.25) is 10.4 Å². The lowest BCUT2D eigenvalue weighted by Crippen LogP contribution is -2.21. The van der Waals surface area contributed by atoms with Crippen LogP contribution < -0.4 is 0 Å². The first-order valence-corrected chi connectivity index (χ1v) is 8.40. The summed E-state index contributed by atoms with van der Waals surface area (Å²) in [6.07, 6.45) is 2.86. The Balaban J connectivity index is 2.25. The number of hydrogen-bond donors (Lipinski definition) is 1. The van der Waals surface area contributed by atoms with Crippen molar-refractivity contribution in [3.63, 3.8) is 0 Å². The van der Waals surface area contributed by atoms with Gasteiger partial charge in [0, 0.05) is 22.9 Å². The van der Waals surface area contributed by atoms with Gasteiger partial charge in [-0.25, -0.2) is 0 Å². The largest absolute Gasteiger partial charge is 0.300 e. The highest BCUT2D eigenvalue weighted by molar-refractivity contribution is 6.15. The average molecular weight is 316 g/mol. The molecule has 0 fully saturated rings. The van der Waals surface area contributed by atoms with Gasteiger partial charge in [0.15, 0.2) is 0 Å². The van der Waals surface area contributed by atoms with E-state index in [1.165, 1.54) is 11.1 Å². The SMILES string of the molecule is C/C1=C(\c2ccccc2C)N=CCC(C)(C)c2ccccc2C1=N. The van der Waals surface area contributed by atoms with Crippen LogP contribution in [0.1, 0.15) is 49.4 Å². The number of benzene rings is 2. The molecule has 122 valence electrons. The molecular weight excluding hydrogens is 292 g/mol. The zero-order chi connectivity index (χ0) is 17.3. The van der Waals surface area contributed by atoms with Gasteiger partial charge in [0.05, 0.1) is 11.4 Å². The number of fused-ring (bicyclic) bond motifs is 1. The van der Waals surface area contributed by atoms with Gasteiger partial charge in [-0.1, -0.05) is 62.4 Å². The first kappa shape index (κ1) is 16.4. The maximum atomic E-state index is 8.81. The summed E-state index contributed by atoms with van der Waals surface area (Å²) in [7, 11) is 0. The van der Waals surface area contributed by atoms with Crippen molar-refractivity contribution in [1.29, 1.82) is 5.41 Å². The number of aliphatic imine (C=N–C) groups is 1.